The largest absolute Gasteiger partial charge is 0.354 e. The van der Waals surface area contributed by atoms with E-state index < -0.39 is 10.8 Å². The molecule has 4 aromatic rings. The van der Waals surface area contributed by atoms with Gasteiger partial charge in [-0.05, 0) is 40.3 Å². The van der Waals surface area contributed by atoms with Crippen molar-refractivity contribution in [3.63, 3.8) is 0 Å². The third kappa shape index (κ3) is 2.21. The molecule has 0 saturated heterocycles. The van der Waals surface area contributed by atoms with Crippen molar-refractivity contribution in [1.29, 1.82) is 0 Å². The molecule has 1 heterocycles. The van der Waals surface area contributed by atoms with E-state index in [1.807, 2.05) is 18.2 Å². The van der Waals surface area contributed by atoms with Gasteiger partial charge in [-0.2, -0.15) is 0 Å². The van der Waals surface area contributed by atoms with Crippen LogP contribution >= 0.6 is 0 Å². The van der Waals surface area contributed by atoms with E-state index in [4.69, 9.17) is 0 Å². The lowest BCUT2D eigenvalue weighted by Crippen LogP contribution is -2.01. The summed E-state index contributed by atoms with van der Waals surface area (Å²) >= 11 is 0. The second-order valence-electron chi connectivity index (χ2n) is 6.51. The molecule has 126 valence electrons. The van der Waals surface area contributed by atoms with Crippen molar-refractivity contribution >= 4 is 32.9 Å². The van der Waals surface area contributed by atoms with E-state index in [0.717, 1.165) is 27.4 Å². The molecule has 1 atom stereocenters. The Kier molecular flexibility index (Phi) is 3.44. The van der Waals surface area contributed by atoms with Gasteiger partial charge in [0.2, 0.25) is 0 Å². The summed E-state index contributed by atoms with van der Waals surface area (Å²) in [7, 11) is -1.03. The van der Waals surface area contributed by atoms with Crippen LogP contribution in [0.5, 0.6) is 0 Å². The Labute approximate surface area is 155 Å². The highest BCUT2D eigenvalue weighted by molar-refractivity contribution is 7.84. The molecule has 0 radical (unpaired) electrons. The predicted molar refractivity (Wildman–Crippen MR) is 110 cm³/mol. The first kappa shape index (κ1) is 15.4. The molecular weight excluding hydrogens is 338 g/mol. The number of para-hydroxylation sites is 1. The van der Waals surface area contributed by atoms with E-state index in [-0.39, 0.29) is 0 Å². The van der Waals surface area contributed by atoms with E-state index in [1.54, 1.807) is 6.26 Å². The highest BCUT2D eigenvalue weighted by Gasteiger charge is 2.20. The van der Waals surface area contributed by atoms with Gasteiger partial charge in [0.25, 0.3) is 0 Å². The number of rotatable bonds is 2. The van der Waals surface area contributed by atoms with Gasteiger partial charge in [0.15, 0.2) is 0 Å². The van der Waals surface area contributed by atoms with Crippen molar-refractivity contribution in [2.75, 3.05) is 11.6 Å². The Balaban J connectivity index is 1.86. The van der Waals surface area contributed by atoms with Crippen LogP contribution in [-0.2, 0) is 10.8 Å². The maximum atomic E-state index is 12.2. The molecule has 1 N–H and O–H groups in total. The average molecular weight is 355 g/mol. The van der Waals surface area contributed by atoms with Crippen molar-refractivity contribution in [3.8, 4) is 22.3 Å². The number of hydrogen-bond donors (Lipinski definition) is 1. The molecule has 4 aromatic carbocycles. The first-order valence-corrected chi connectivity index (χ1v) is 10.1. The fourth-order valence-electron chi connectivity index (χ4n) is 3.88. The molecular formula is C23H17NOS. The number of benzene rings is 4. The third-order valence-corrected chi connectivity index (χ3v) is 5.99. The van der Waals surface area contributed by atoms with Gasteiger partial charge in [-0.15, -0.1) is 0 Å². The highest BCUT2D eigenvalue weighted by Crippen LogP contribution is 2.46. The van der Waals surface area contributed by atoms with E-state index in [2.05, 4.69) is 66.0 Å². The lowest BCUT2D eigenvalue weighted by Gasteiger charge is -2.24. The van der Waals surface area contributed by atoms with Gasteiger partial charge >= 0.3 is 0 Å². The van der Waals surface area contributed by atoms with Crippen molar-refractivity contribution in [1.82, 2.24) is 0 Å². The van der Waals surface area contributed by atoms with Crippen LogP contribution in [0.3, 0.4) is 0 Å². The SMILES string of the molecule is CS(=O)c1ccccc1-c1ccc2c3c(cccc13)-c1ccccc1N2. The maximum absolute atomic E-state index is 12.2. The van der Waals surface area contributed by atoms with Crippen LogP contribution in [0.4, 0.5) is 11.4 Å². The Morgan fingerprint density at radius 2 is 1.38 bits per heavy atom. The molecule has 2 nitrogen and oxygen atoms in total. The minimum atomic E-state index is -1.03. The Hall–Kier alpha value is -2.91. The van der Waals surface area contributed by atoms with Crippen molar-refractivity contribution < 1.29 is 4.21 Å². The van der Waals surface area contributed by atoms with Crippen molar-refractivity contribution in [3.05, 3.63) is 78.9 Å². The topological polar surface area (TPSA) is 29.1 Å². The van der Waals surface area contributed by atoms with Gasteiger partial charge in [-0.3, -0.25) is 4.21 Å². The minimum Gasteiger partial charge on any atom is -0.354 e. The van der Waals surface area contributed by atoms with Gasteiger partial charge in [-0.1, -0.05) is 60.7 Å². The standard InChI is InChI=1S/C23H17NOS/c1-26(25)22-12-5-3-8-17(22)15-13-14-21-23-18(15)9-6-10-19(23)16-7-2-4-11-20(16)24-21/h2-14,24H,1H3. The fourth-order valence-corrected chi connectivity index (χ4v) is 4.64. The molecule has 1 aliphatic rings. The van der Waals surface area contributed by atoms with Gasteiger partial charge in [0.1, 0.15) is 0 Å². The Morgan fingerprint density at radius 3 is 2.23 bits per heavy atom. The molecule has 3 heteroatoms. The lowest BCUT2D eigenvalue weighted by molar-refractivity contribution is 0.687. The zero-order valence-corrected chi connectivity index (χ0v) is 15.1. The maximum Gasteiger partial charge on any atom is 0.0504 e. The smallest absolute Gasteiger partial charge is 0.0504 e. The molecule has 26 heavy (non-hydrogen) atoms. The van der Waals surface area contributed by atoms with Crippen molar-refractivity contribution in [2.24, 2.45) is 0 Å². The molecule has 0 spiro atoms. The Bertz CT molecular complexity index is 1200. The summed E-state index contributed by atoms with van der Waals surface area (Å²) in [6.07, 6.45) is 1.74. The normalized spacial score (nSPS) is 13.1. The van der Waals surface area contributed by atoms with E-state index >= 15 is 0 Å². The molecule has 0 aliphatic carbocycles. The van der Waals surface area contributed by atoms with Crippen LogP contribution in [0, 0.1) is 0 Å². The zero-order valence-electron chi connectivity index (χ0n) is 14.3. The zero-order chi connectivity index (χ0) is 17.7. The second-order valence-corrected chi connectivity index (χ2v) is 7.86. The van der Waals surface area contributed by atoms with Gasteiger partial charge in [0.05, 0.1) is 10.8 Å². The summed E-state index contributed by atoms with van der Waals surface area (Å²) in [5.74, 6) is 0. The second kappa shape index (κ2) is 5.82. The summed E-state index contributed by atoms with van der Waals surface area (Å²) in [4.78, 5) is 0.873. The van der Waals surface area contributed by atoms with Crippen molar-refractivity contribution in [2.45, 2.75) is 4.90 Å². The van der Waals surface area contributed by atoms with E-state index in [1.165, 1.54) is 21.9 Å². The molecule has 1 unspecified atom stereocenters. The van der Waals surface area contributed by atoms with Crippen LogP contribution in [0.1, 0.15) is 0 Å². The average Bonchev–Trinajstić information content (AvgIpc) is 2.68. The monoisotopic (exact) mass is 355 g/mol. The van der Waals surface area contributed by atoms with Crippen LogP contribution in [0.2, 0.25) is 0 Å². The van der Waals surface area contributed by atoms with Gasteiger partial charge in [-0.25, -0.2) is 0 Å². The summed E-state index contributed by atoms with van der Waals surface area (Å²) < 4.78 is 12.2. The first-order chi connectivity index (χ1) is 12.7. The molecule has 0 amide bonds. The molecule has 0 aromatic heterocycles. The summed E-state index contributed by atoms with van der Waals surface area (Å²) in [5.41, 5.74) is 6.87. The van der Waals surface area contributed by atoms with E-state index in [0.29, 0.717) is 0 Å². The lowest BCUT2D eigenvalue weighted by atomic mass is 9.89. The quantitative estimate of drug-likeness (QED) is 0.423. The van der Waals surface area contributed by atoms with Gasteiger partial charge < -0.3 is 5.32 Å². The fraction of sp³-hybridized carbons (Fsp3) is 0.0435. The number of anilines is 2. The predicted octanol–water partition coefficient (Wildman–Crippen LogP) is 5.97. The Morgan fingerprint density at radius 1 is 0.654 bits per heavy atom. The highest BCUT2D eigenvalue weighted by atomic mass is 32.2. The summed E-state index contributed by atoms with van der Waals surface area (Å²) in [5, 5.41) is 5.96. The van der Waals surface area contributed by atoms with Crippen LogP contribution in [0.15, 0.2) is 83.8 Å². The van der Waals surface area contributed by atoms with Crippen LogP contribution in [0.25, 0.3) is 33.0 Å². The molecule has 1 aliphatic heterocycles. The summed E-state index contributed by atoms with van der Waals surface area (Å²) in [6, 6.07) is 27.1. The first-order valence-electron chi connectivity index (χ1n) is 8.59. The summed E-state index contributed by atoms with van der Waals surface area (Å²) in [6.45, 7) is 0. The van der Waals surface area contributed by atoms with E-state index in [9.17, 15) is 4.21 Å². The number of fused-ring (bicyclic) bond motifs is 2. The minimum absolute atomic E-state index is 0.873. The third-order valence-electron chi connectivity index (χ3n) is 5.01. The van der Waals surface area contributed by atoms with Crippen LogP contribution in [-0.4, -0.2) is 10.5 Å². The molecule has 0 fully saturated rings. The van der Waals surface area contributed by atoms with Crippen LogP contribution < -0.4 is 5.32 Å². The number of nitrogens with one attached hydrogen (secondary N) is 1. The molecule has 0 saturated carbocycles. The molecule has 5 rings (SSSR count). The van der Waals surface area contributed by atoms with Gasteiger partial charge in [0, 0.05) is 33.5 Å². The number of hydrogen-bond acceptors (Lipinski definition) is 2. The molecule has 0 bridgehead atoms.